The fraction of sp³-hybridized carbons (Fsp3) is 0.900. The molecule has 2 N–H and O–H groups in total. The Kier molecular flexibility index (Phi) is 6.70. The molecule has 2 rings (SSSR count). The SMILES string of the molecule is CCCCC1CC(C(=O)O)(C(=O)O)C2CCCCC2C1CCCC. The van der Waals surface area contributed by atoms with Crippen LogP contribution in [0.3, 0.4) is 0 Å². The third-order valence-corrected chi connectivity index (χ3v) is 6.77. The molecule has 0 aromatic heterocycles. The van der Waals surface area contributed by atoms with E-state index in [4.69, 9.17) is 0 Å². The second-order valence-corrected chi connectivity index (χ2v) is 8.05. The van der Waals surface area contributed by atoms with Crippen molar-refractivity contribution in [2.75, 3.05) is 0 Å². The van der Waals surface area contributed by atoms with E-state index in [1.54, 1.807) is 0 Å². The summed E-state index contributed by atoms with van der Waals surface area (Å²) in [7, 11) is 0. The minimum atomic E-state index is -1.55. The van der Waals surface area contributed by atoms with Crippen molar-refractivity contribution in [3.8, 4) is 0 Å². The maximum Gasteiger partial charge on any atom is 0.321 e. The van der Waals surface area contributed by atoms with Crippen molar-refractivity contribution < 1.29 is 19.8 Å². The van der Waals surface area contributed by atoms with Gasteiger partial charge in [-0.15, -0.1) is 0 Å². The van der Waals surface area contributed by atoms with Gasteiger partial charge in [0, 0.05) is 0 Å². The topological polar surface area (TPSA) is 74.6 Å². The molecule has 4 nitrogen and oxygen atoms in total. The van der Waals surface area contributed by atoms with Crippen LogP contribution in [-0.2, 0) is 9.59 Å². The summed E-state index contributed by atoms with van der Waals surface area (Å²) < 4.78 is 0. The number of fused-ring (bicyclic) bond motifs is 1. The highest BCUT2D eigenvalue weighted by Gasteiger charge is 2.61. The van der Waals surface area contributed by atoms with Gasteiger partial charge < -0.3 is 10.2 Å². The minimum absolute atomic E-state index is 0.180. The minimum Gasteiger partial charge on any atom is -0.480 e. The zero-order chi connectivity index (χ0) is 17.7. The van der Waals surface area contributed by atoms with Gasteiger partial charge in [-0.25, -0.2) is 0 Å². The first-order valence-corrected chi connectivity index (χ1v) is 9.95. The molecule has 0 spiro atoms. The van der Waals surface area contributed by atoms with Crippen LogP contribution in [0.15, 0.2) is 0 Å². The largest absolute Gasteiger partial charge is 0.480 e. The van der Waals surface area contributed by atoms with E-state index in [0.29, 0.717) is 12.3 Å². The Morgan fingerprint density at radius 2 is 1.54 bits per heavy atom. The highest BCUT2D eigenvalue weighted by atomic mass is 16.4. The molecular weight excluding hydrogens is 304 g/mol. The van der Waals surface area contributed by atoms with Gasteiger partial charge in [0.25, 0.3) is 0 Å². The Bertz CT molecular complexity index is 431. The Balaban J connectivity index is 2.38. The lowest BCUT2D eigenvalue weighted by atomic mass is 9.50. The number of carboxylic acid groups (broad SMARTS) is 2. The fourth-order valence-electron chi connectivity index (χ4n) is 5.61. The van der Waals surface area contributed by atoms with E-state index in [0.717, 1.165) is 57.8 Å². The highest BCUT2D eigenvalue weighted by molar-refractivity contribution is 5.98. The Hall–Kier alpha value is -1.06. The number of aliphatic carboxylic acids is 2. The van der Waals surface area contributed by atoms with Crippen LogP contribution in [0.2, 0.25) is 0 Å². The van der Waals surface area contributed by atoms with Crippen LogP contribution in [0, 0.1) is 29.1 Å². The van der Waals surface area contributed by atoms with E-state index in [1.807, 2.05) is 0 Å². The number of carbonyl (C=O) groups is 2. The highest BCUT2D eigenvalue weighted by Crippen LogP contribution is 2.57. The molecule has 2 aliphatic carbocycles. The second kappa shape index (κ2) is 8.35. The van der Waals surface area contributed by atoms with E-state index < -0.39 is 17.4 Å². The van der Waals surface area contributed by atoms with E-state index >= 15 is 0 Å². The van der Waals surface area contributed by atoms with Gasteiger partial charge in [0.05, 0.1) is 0 Å². The molecule has 2 fully saturated rings. The summed E-state index contributed by atoms with van der Waals surface area (Å²) in [4.78, 5) is 24.3. The molecule has 0 bridgehead atoms. The summed E-state index contributed by atoms with van der Waals surface area (Å²) in [5, 5.41) is 19.8. The average Bonchev–Trinajstić information content (AvgIpc) is 2.57. The average molecular weight is 338 g/mol. The Labute approximate surface area is 146 Å². The van der Waals surface area contributed by atoms with Crippen LogP contribution < -0.4 is 0 Å². The van der Waals surface area contributed by atoms with Crippen molar-refractivity contribution in [1.29, 1.82) is 0 Å². The predicted octanol–water partition coefficient (Wildman–Crippen LogP) is 4.96. The molecule has 4 atom stereocenters. The Morgan fingerprint density at radius 1 is 0.958 bits per heavy atom. The molecule has 4 unspecified atom stereocenters. The van der Waals surface area contributed by atoms with Crippen molar-refractivity contribution in [2.45, 2.75) is 84.5 Å². The first-order valence-electron chi connectivity index (χ1n) is 9.95. The number of hydrogen-bond acceptors (Lipinski definition) is 2. The summed E-state index contributed by atoms with van der Waals surface area (Å²) in [5.74, 6) is -1.31. The molecule has 0 aromatic carbocycles. The fourth-order valence-corrected chi connectivity index (χ4v) is 5.61. The standard InChI is InChI=1S/C20H34O4/c1-3-5-9-14-13-20(18(21)22,19(23)24)17-12-8-7-11-16(17)15(14)10-6-4-2/h14-17H,3-13H2,1-2H3,(H,21,22)(H,23,24). The van der Waals surface area contributed by atoms with Crippen LogP contribution in [0.25, 0.3) is 0 Å². The maximum atomic E-state index is 12.1. The van der Waals surface area contributed by atoms with Crippen molar-refractivity contribution in [1.82, 2.24) is 0 Å². The molecule has 2 aliphatic rings. The summed E-state index contributed by atoms with van der Waals surface area (Å²) in [6, 6.07) is 0. The smallest absolute Gasteiger partial charge is 0.321 e. The molecule has 2 saturated carbocycles. The van der Waals surface area contributed by atoms with Gasteiger partial charge in [-0.05, 0) is 49.4 Å². The first kappa shape index (κ1) is 19.3. The third kappa shape index (κ3) is 3.48. The lowest BCUT2D eigenvalue weighted by molar-refractivity contribution is -0.183. The van der Waals surface area contributed by atoms with Crippen LogP contribution in [0.4, 0.5) is 0 Å². The molecule has 4 heteroatoms. The van der Waals surface area contributed by atoms with Gasteiger partial charge in [0.2, 0.25) is 0 Å². The molecule has 0 saturated heterocycles. The van der Waals surface area contributed by atoms with Gasteiger partial charge in [-0.2, -0.15) is 0 Å². The van der Waals surface area contributed by atoms with Gasteiger partial charge in [0.15, 0.2) is 5.41 Å². The van der Waals surface area contributed by atoms with E-state index in [2.05, 4.69) is 13.8 Å². The number of unbranched alkanes of at least 4 members (excludes halogenated alkanes) is 2. The summed E-state index contributed by atoms with van der Waals surface area (Å²) in [6.45, 7) is 4.34. The molecule has 0 heterocycles. The predicted molar refractivity (Wildman–Crippen MR) is 93.8 cm³/mol. The molecule has 24 heavy (non-hydrogen) atoms. The molecular formula is C20H34O4. The van der Waals surface area contributed by atoms with E-state index in [1.165, 1.54) is 6.42 Å². The molecule has 0 radical (unpaired) electrons. The zero-order valence-electron chi connectivity index (χ0n) is 15.3. The molecule has 0 amide bonds. The van der Waals surface area contributed by atoms with Crippen LogP contribution in [0.5, 0.6) is 0 Å². The number of carboxylic acids is 2. The quantitative estimate of drug-likeness (QED) is 0.613. The van der Waals surface area contributed by atoms with Gasteiger partial charge in [-0.3, -0.25) is 9.59 Å². The van der Waals surface area contributed by atoms with Crippen LogP contribution in [0.1, 0.15) is 84.5 Å². The summed E-state index contributed by atoms with van der Waals surface area (Å²) in [5.41, 5.74) is -1.55. The lowest BCUT2D eigenvalue weighted by Crippen LogP contribution is -2.56. The normalized spacial score (nSPS) is 32.1. The zero-order valence-corrected chi connectivity index (χ0v) is 15.3. The first-order chi connectivity index (χ1) is 11.5. The summed E-state index contributed by atoms with van der Waals surface area (Å²) >= 11 is 0. The van der Waals surface area contributed by atoms with Crippen LogP contribution in [-0.4, -0.2) is 22.2 Å². The molecule has 0 aliphatic heterocycles. The monoisotopic (exact) mass is 338 g/mol. The van der Waals surface area contributed by atoms with Crippen molar-refractivity contribution in [2.24, 2.45) is 29.1 Å². The number of rotatable bonds is 8. The van der Waals surface area contributed by atoms with Crippen molar-refractivity contribution in [3.05, 3.63) is 0 Å². The van der Waals surface area contributed by atoms with Gasteiger partial charge in [-0.1, -0.05) is 58.8 Å². The third-order valence-electron chi connectivity index (χ3n) is 6.77. The van der Waals surface area contributed by atoms with Crippen LogP contribution >= 0.6 is 0 Å². The second-order valence-electron chi connectivity index (χ2n) is 8.05. The summed E-state index contributed by atoms with van der Waals surface area (Å²) in [6.07, 6.45) is 10.8. The van der Waals surface area contributed by atoms with E-state index in [-0.39, 0.29) is 17.8 Å². The molecule has 138 valence electrons. The van der Waals surface area contributed by atoms with Gasteiger partial charge >= 0.3 is 11.9 Å². The van der Waals surface area contributed by atoms with E-state index in [9.17, 15) is 19.8 Å². The van der Waals surface area contributed by atoms with Crippen molar-refractivity contribution >= 4 is 11.9 Å². The number of hydrogen-bond donors (Lipinski definition) is 2. The maximum absolute atomic E-state index is 12.1. The lowest BCUT2D eigenvalue weighted by Gasteiger charge is -2.53. The van der Waals surface area contributed by atoms with Crippen molar-refractivity contribution in [3.63, 3.8) is 0 Å². The molecule has 0 aromatic rings. The Morgan fingerprint density at radius 3 is 2.12 bits per heavy atom. The van der Waals surface area contributed by atoms with Gasteiger partial charge in [0.1, 0.15) is 0 Å².